The number of rotatable bonds is 5. The first-order valence-electron chi connectivity index (χ1n) is 6.11. The third kappa shape index (κ3) is 3.37. The number of para-hydroxylation sites is 1. The fraction of sp³-hybridized carbons (Fsp3) is 0.133. The molecule has 1 amide bonds. The Hall–Kier alpha value is -1.85. The molecular formula is C15H15BrN2O2. The van der Waals surface area contributed by atoms with Gasteiger partial charge in [0.25, 0.3) is 5.91 Å². The van der Waals surface area contributed by atoms with E-state index in [2.05, 4.69) is 21.2 Å². The Morgan fingerprint density at radius 2 is 2.05 bits per heavy atom. The lowest BCUT2D eigenvalue weighted by atomic mass is 10.2. The van der Waals surface area contributed by atoms with E-state index in [9.17, 15) is 4.79 Å². The molecule has 0 heterocycles. The number of nitrogens with two attached hydrogens (primary N) is 1. The van der Waals surface area contributed by atoms with Gasteiger partial charge in [0.2, 0.25) is 0 Å². The second-order valence-electron chi connectivity index (χ2n) is 4.25. The van der Waals surface area contributed by atoms with Gasteiger partial charge in [-0.25, -0.2) is 0 Å². The van der Waals surface area contributed by atoms with Gasteiger partial charge in [-0.1, -0.05) is 34.1 Å². The molecule has 0 bridgehead atoms. The van der Waals surface area contributed by atoms with Gasteiger partial charge in [0, 0.05) is 11.0 Å². The van der Waals surface area contributed by atoms with Crippen LogP contribution in [0.5, 0.6) is 11.5 Å². The first-order chi connectivity index (χ1) is 9.61. The van der Waals surface area contributed by atoms with Crippen LogP contribution in [0.15, 0.2) is 46.9 Å². The number of benzene rings is 2. The number of amides is 1. The molecule has 2 aromatic rings. The van der Waals surface area contributed by atoms with Crippen LogP contribution in [0.3, 0.4) is 0 Å². The molecule has 3 N–H and O–H groups in total. The molecule has 0 radical (unpaired) electrons. The van der Waals surface area contributed by atoms with Crippen molar-refractivity contribution in [1.82, 2.24) is 5.32 Å². The highest BCUT2D eigenvalue weighted by molar-refractivity contribution is 9.10. The van der Waals surface area contributed by atoms with Crippen molar-refractivity contribution in [3.63, 3.8) is 0 Å². The van der Waals surface area contributed by atoms with Crippen LogP contribution in [-0.2, 0) is 6.54 Å². The SMILES string of the molecule is CNCc1ccc(Oc2ccccc2C(N)=O)cc1Br. The number of hydrogen-bond acceptors (Lipinski definition) is 3. The molecule has 0 spiro atoms. The summed E-state index contributed by atoms with van der Waals surface area (Å²) < 4.78 is 6.68. The molecule has 4 nitrogen and oxygen atoms in total. The fourth-order valence-corrected chi connectivity index (χ4v) is 2.31. The minimum atomic E-state index is -0.508. The van der Waals surface area contributed by atoms with Gasteiger partial charge in [-0.05, 0) is 36.9 Å². The highest BCUT2D eigenvalue weighted by atomic mass is 79.9. The maximum atomic E-state index is 11.3. The summed E-state index contributed by atoms with van der Waals surface area (Å²) in [6.07, 6.45) is 0. The number of primary amides is 1. The Balaban J connectivity index is 2.27. The zero-order valence-electron chi connectivity index (χ0n) is 11.0. The van der Waals surface area contributed by atoms with E-state index in [1.807, 2.05) is 25.2 Å². The maximum Gasteiger partial charge on any atom is 0.252 e. The fourth-order valence-electron chi connectivity index (χ4n) is 1.81. The highest BCUT2D eigenvalue weighted by Gasteiger charge is 2.10. The molecule has 20 heavy (non-hydrogen) atoms. The van der Waals surface area contributed by atoms with Gasteiger partial charge in [0.15, 0.2) is 0 Å². The molecular weight excluding hydrogens is 320 g/mol. The number of carbonyl (C=O) groups excluding carboxylic acids is 1. The zero-order chi connectivity index (χ0) is 14.5. The largest absolute Gasteiger partial charge is 0.456 e. The maximum absolute atomic E-state index is 11.3. The molecule has 0 unspecified atom stereocenters. The topological polar surface area (TPSA) is 64.3 Å². The minimum Gasteiger partial charge on any atom is -0.456 e. The monoisotopic (exact) mass is 334 g/mol. The Bertz CT molecular complexity index is 629. The number of carbonyl (C=O) groups is 1. The van der Waals surface area contributed by atoms with Crippen LogP contribution in [0, 0.1) is 0 Å². The van der Waals surface area contributed by atoms with Crippen molar-refractivity contribution in [3.05, 3.63) is 58.1 Å². The van der Waals surface area contributed by atoms with Crippen molar-refractivity contribution in [2.45, 2.75) is 6.54 Å². The summed E-state index contributed by atoms with van der Waals surface area (Å²) in [4.78, 5) is 11.3. The second kappa shape index (κ2) is 6.54. The number of hydrogen-bond donors (Lipinski definition) is 2. The van der Waals surface area contributed by atoms with E-state index in [-0.39, 0.29) is 0 Å². The van der Waals surface area contributed by atoms with Crippen LogP contribution in [0.25, 0.3) is 0 Å². The van der Waals surface area contributed by atoms with Gasteiger partial charge in [-0.15, -0.1) is 0 Å². The summed E-state index contributed by atoms with van der Waals surface area (Å²) in [5, 5.41) is 3.09. The lowest BCUT2D eigenvalue weighted by Gasteiger charge is -2.11. The summed E-state index contributed by atoms with van der Waals surface area (Å²) in [5.41, 5.74) is 6.82. The molecule has 2 rings (SSSR count). The second-order valence-corrected chi connectivity index (χ2v) is 5.10. The van der Waals surface area contributed by atoms with E-state index in [0.717, 1.165) is 16.6 Å². The van der Waals surface area contributed by atoms with Crippen molar-refractivity contribution in [2.75, 3.05) is 7.05 Å². The van der Waals surface area contributed by atoms with E-state index in [0.29, 0.717) is 17.1 Å². The molecule has 0 aromatic heterocycles. The molecule has 0 aliphatic heterocycles. The minimum absolute atomic E-state index is 0.364. The van der Waals surface area contributed by atoms with Gasteiger partial charge < -0.3 is 15.8 Å². The Kier molecular flexibility index (Phi) is 4.76. The Labute approximate surface area is 126 Å². The Morgan fingerprint density at radius 3 is 2.70 bits per heavy atom. The summed E-state index contributed by atoms with van der Waals surface area (Å²) in [6, 6.07) is 12.6. The van der Waals surface area contributed by atoms with Gasteiger partial charge >= 0.3 is 0 Å². The van der Waals surface area contributed by atoms with Crippen LogP contribution in [0.4, 0.5) is 0 Å². The van der Waals surface area contributed by atoms with Crippen LogP contribution < -0.4 is 15.8 Å². The number of nitrogens with one attached hydrogen (secondary N) is 1. The standard InChI is InChI=1S/C15H15BrN2O2/c1-18-9-10-6-7-11(8-13(10)16)20-14-5-3-2-4-12(14)15(17)19/h2-8,18H,9H2,1H3,(H2,17,19). The molecule has 0 aliphatic carbocycles. The van der Waals surface area contributed by atoms with Gasteiger partial charge in [-0.3, -0.25) is 4.79 Å². The average Bonchev–Trinajstić information content (AvgIpc) is 2.42. The zero-order valence-corrected chi connectivity index (χ0v) is 12.6. The van der Waals surface area contributed by atoms with Crippen molar-refractivity contribution in [2.24, 2.45) is 5.73 Å². The first kappa shape index (κ1) is 14.6. The third-order valence-electron chi connectivity index (χ3n) is 2.77. The van der Waals surface area contributed by atoms with E-state index >= 15 is 0 Å². The summed E-state index contributed by atoms with van der Waals surface area (Å²) in [5.74, 6) is 0.588. The summed E-state index contributed by atoms with van der Waals surface area (Å²) in [6.45, 7) is 0.763. The lowest BCUT2D eigenvalue weighted by Crippen LogP contribution is -2.12. The molecule has 5 heteroatoms. The molecule has 104 valence electrons. The molecule has 0 fully saturated rings. The van der Waals surface area contributed by atoms with E-state index < -0.39 is 5.91 Å². The van der Waals surface area contributed by atoms with Gasteiger partial charge in [0.1, 0.15) is 11.5 Å². The molecule has 2 aromatic carbocycles. The highest BCUT2D eigenvalue weighted by Crippen LogP contribution is 2.29. The van der Waals surface area contributed by atoms with Crippen LogP contribution >= 0.6 is 15.9 Å². The van der Waals surface area contributed by atoms with Crippen LogP contribution in [0.2, 0.25) is 0 Å². The predicted octanol–water partition coefficient (Wildman–Crippen LogP) is 3.06. The molecule has 0 aliphatic rings. The van der Waals surface area contributed by atoms with E-state index in [1.54, 1.807) is 24.3 Å². The van der Waals surface area contributed by atoms with Crippen molar-refractivity contribution in [3.8, 4) is 11.5 Å². The Morgan fingerprint density at radius 1 is 1.30 bits per heavy atom. The number of ether oxygens (including phenoxy) is 1. The van der Waals surface area contributed by atoms with Crippen molar-refractivity contribution in [1.29, 1.82) is 0 Å². The van der Waals surface area contributed by atoms with Crippen LogP contribution in [0.1, 0.15) is 15.9 Å². The smallest absolute Gasteiger partial charge is 0.252 e. The average molecular weight is 335 g/mol. The number of halogens is 1. The molecule has 0 saturated carbocycles. The van der Waals surface area contributed by atoms with Crippen molar-refractivity contribution >= 4 is 21.8 Å². The van der Waals surface area contributed by atoms with Crippen LogP contribution in [-0.4, -0.2) is 13.0 Å². The quantitative estimate of drug-likeness (QED) is 0.883. The summed E-state index contributed by atoms with van der Waals surface area (Å²) in [7, 11) is 1.89. The third-order valence-corrected chi connectivity index (χ3v) is 3.51. The predicted molar refractivity (Wildman–Crippen MR) is 81.9 cm³/mol. The van der Waals surface area contributed by atoms with E-state index in [1.165, 1.54) is 0 Å². The molecule has 0 atom stereocenters. The van der Waals surface area contributed by atoms with Crippen molar-refractivity contribution < 1.29 is 9.53 Å². The summed E-state index contributed by atoms with van der Waals surface area (Å²) >= 11 is 3.50. The molecule has 0 saturated heterocycles. The normalized spacial score (nSPS) is 10.3. The van der Waals surface area contributed by atoms with E-state index in [4.69, 9.17) is 10.5 Å². The van der Waals surface area contributed by atoms with Gasteiger partial charge in [0.05, 0.1) is 5.56 Å². The lowest BCUT2D eigenvalue weighted by molar-refractivity contribution is 0.0998. The first-order valence-corrected chi connectivity index (χ1v) is 6.91. The van der Waals surface area contributed by atoms with Gasteiger partial charge in [-0.2, -0.15) is 0 Å².